The predicted octanol–water partition coefficient (Wildman–Crippen LogP) is 4.25. The second-order valence-electron chi connectivity index (χ2n) is 8.03. The molecule has 0 aliphatic carbocycles. The summed E-state index contributed by atoms with van der Waals surface area (Å²) in [5, 5.41) is 2.09. The van der Waals surface area contributed by atoms with E-state index in [-0.39, 0.29) is 18.3 Å². The number of ether oxygens (including phenoxy) is 4. The number of carbonyl (C=O) groups excluding carboxylic acids is 1. The van der Waals surface area contributed by atoms with E-state index >= 15 is 0 Å². The van der Waals surface area contributed by atoms with Crippen LogP contribution in [-0.2, 0) is 6.54 Å². The third-order valence-electron chi connectivity index (χ3n) is 6.08. The van der Waals surface area contributed by atoms with Gasteiger partial charge in [-0.25, -0.2) is 0 Å². The summed E-state index contributed by atoms with van der Waals surface area (Å²) in [6.07, 6.45) is 0. The van der Waals surface area contributed by atoms with E-state index in [0.29, 0.717) is 35.9 Å². The zero-order valence-electron chi connectivity index (χ0n) is 20.0. The zero-order valence-corrected chi connectivity index (χ0v) is 20.8. The summed E-state index contributed by atoms with van der Waals surface area (Å²) in [6.45, 7) is 3.71. The molecular weight excluding hydrogens is 456 g/mol. The maximum atomic E-state index is 13.1. The number of halogens is 1. The topological polar surface area (TPSA) is 60.5 Å². The summed E-state index contributed by atoms with van der Waals surface area (Å²) in [5.41, 5.74) is 1.79. The molecule has 3 aromatic carbocycles. The van der Waals surface area contributed by atoms with Crippen molar-refractivity contribution in [1.29, 1.82) is 0 Å². The number of rotatable bonds is 7. The molecule has 8 heteroatoms. The Kier molecular flexibility index (Phi) is 8.47. The molecule has 3 aromatic rings. The van der Waals surface area contributed by atoms with E-state index in [1.807, 2.05) is 53.4 Å². The van der Waals surface area contributed by atoms with Gasteiger partial charge in [0, 0.05) is 38.3 Å². The van der Waals surface area contributed by atoms with Gasteiger partial charge in [0.2, 0.25) is 5.75 Å². The second kappa shape index (κ2) is 11.3. The molecule has 1 fully saturated rings. The van der Waals surface area contributed by atoms with Crippen LogP contribution in [0, 0.1) is 0 Å². The minimum atomic E-state index is 0. The first-order valence-electron chi connectivity index (χ1n) is 10.9. The lowest BCUT2D eigenvalue weighted by Gasteiger charge is -2.35. The highest BCUT2D eigenvalue weighted by atomic mass is 35.5. The van der Waals surface area contributed by atoms with Crippen LogP contribution < -0.4 is 18.9 Å². The van der Waals surface area contributed by atoms with E-state index in [1.54, 1.807) is 28.4 Å². The van der Waals surface area contributed by atoms with Crippen molar-refractivity contribution < 1.29 is 23.7 Å². The van der Waals surface area contributed by atoms with Crippen LogP contribution in [0.3, 0.4) is 0 Å². The van der Waals surface area contributed by atoms with Gasteiger partial charge in [-0.2, -0.15) is 0 Å². The molecule has 4 rings (SSSR count). The highest BCUT2D eigenvalue weighted by molar-refractivity contribution is 5.98. The van der Waals surface area contributed by atoms with Crippen molar-refractivity contribution in [2.24, 2.45) is 0 Å². The van der Waals surface area contributed by atoms with E-state index in [4.69, 9.17) is 18.9 Å². The van der Waals surface area contributed by atoms with Gasteiger partial charge in [0.1, 0.15) is 5.75 Å². The molecule has 0 radical (unpaired) electrons. The summed E-state index contributed by atoms with van der Waals surface area (Å²) in [6, 6.07) is 15.7. The lowest BCUT2D eigenvalue weighted by atomic mass is 10.1. The van der Waals surface area contributed by atoms with Crippen LogP contribution in [0.1, 0.15) is 15.9 Å². The summed E-state index contributed by atoms with van der Waals surface area (Å²) in [5.74, 6) is 2.77. The molecule has 0 aromatic heterocycles. The van der Waals surface area contributed by atoms with Crippen molar-refractivity contribution in [2.75, 3.05) is 54.6 Å². The van der Waals surface area contributed by atoms with Crippen molar-refractivity contribution in [3.63, 3.8) is 0 Å². The Bertz CT molecular complexity index is 1120. The number of hydrogen-bond acceptors (Lipinski definition) is 6. The second-order valence-corrected chi connectivity index (χ2v) is 8.03. The van der Waals surface area contributed by atoms with E-state index in [9.17, 15) is 4.79 Å². The Morgan fingerprint density at radius 3 is 1.97 bits per heavy atom. The van der Waals surface area contributed by atoms with Crippen LogP contribution in [0.4, 0.5) is 0 Å². The fourth-order valence-electron chi connectivity index (χ4n) is 4.26. The van der Waals surface area contributed by atoms with Gasteiger partial charge < -0.3 is 23.8 Å². The standard InChI is InChI=1S/C26H30N2O5.ClH/c1-30-22-8-7-19-15-21(6-5-20(19)16-22)26(29)28-11-9-27(10-12-28)17-18-13-23(31-2)25(33-4)24(14-18)32-3;/h5-8,13-16H,9-12,17H2,1-4H3;1H. The zero-order chi connectivity index (χ0) is 23.4. The number of amides is 1. The molecule has 182 valence electrons. The molecule has 7 nitrogen and oxygen atoms in total. The molecule has 34 heavy (non-hydrogen) atoms. The number of methoxy groups -OCH3 is 4. The fraction of sp³-hybridized carbons (Fsp3) is 0.346. The van der Waals surface area contributed by atoms with Crippen molar-refractivity contribution in [3.05, 3.63) is 59.7 Å². The lowest BCUT2D eigenvalue weighted by Crippen LogP contribution is -2.48. The summed E-state index contributed by atoms with van der Waals surface area (Å²) < 4.78 is 21.6. The average molecular weight is 487 g/mol. The van der Waals surface area contributed by atoms with Crippen LogP contribution >= 0.6 is 12.4 Å². The normalized spacial score (nSPS) is 13.8. The van der Waals surface area contributed by atoms with Gasteiger partial charge >= 0.3 is 0 Å². The first-order chi connectivity index (χ1) is 16.1. The minimum Gasteiger partial charge on any atom is -0.497 e. The highest BCUT2D eigenvalue weighted by Gasteiger charge is 2.23. The Morgan fingerprint density at radius 2 is 1.38 bits per heavy atom. The van der Waals surface area contributed by atoms with Gasteiger partial charge in [-0.15, -0.1) is 12.4 Å². The molecule has 0 spiro atoms. The number of carbonyl (C=O) groups is 1. The largest absolute Gasteiger partial charge is 0.497 e. The Labute approximate surface area is 206 Å². The number of hydrogen-bond donors (Lipinski definition) is 0. The summed E-state index contributed by atoms with van der Waals surface area (Å²) in [7, 11) is 6.49. The van der Waals surface area contributed by atoms with Crippen LogP contribution in [0.25, 0.3) is 10.8 Å². The van der Waals surface area contributed by atoms with Crippen LogP contribution in [0.2, 0.25) is 0 Å². The Hall–Kier alpha value is -3.16. The predicted molar refractivity (Wildman–Crippen MR) is 135 cm³/mol. The van der Waals surface area contributed by atoms with Gasteiger partial charge in [0.15, 0.2) is 11.5 Å². The maximum Gasteiger partial charge on any atom is 0.253 e. The SMILES string of the molecule is COc1ccc2cc(C(=O)N3CCN(Cc4cc(OC)c(OC)c(OC)c4)CC3)ccc2c1.Cl. The van der Waals surface area contributed by atoms with Gasteiger partial charge in [0.25, 0.3) is 5.91 Å². The van der Waals surface area contributed by atoms with Gasteiger partial charge in [-0.05, 0) is 52.7 Å². The molecule has 1 aliphatic heterocycles. The van der Waals surface area contributed by atoms with E-state index in [1.165, 1.54) is 0 Å². The van der Waals surface area contributed by atoms with Crippen molar-refractivity contribution in [2.45, 2.75) is 6.54 Å². The molecule has 1 heterocycles. The Balaban J connectivity index is 0.00000324. The smallest absolute Gasteiger partial charge is 0.253 e. The fourth-order valence-corrected chi connectivity index (χ4v) is 4.26. The van der Waals surface area contributed by atoms with Gasteiger partial charge in [-0.1, -0.05) is 12.1 Å². The van der Waals surface area contributed by atoms with Crippen LogP contribution in [0.15, 0.2) is 48.5 Å². The molecule has 1 amide bonds. The minimum absolute atomic E-state index is 0. The van der Waals surface area contributed by atoms with E-state index < -0.39 is 0 Å². The van der Waals surface area contributed by atoms with Crippen molar-refractivity contribution >= 4 is 29.1 Å². The van der Waals surface area contributed by atoms with E-state index in [2.05, 4.69) is 4.90 Å². The molecular formula is C26H31ClN2O5. The molecule has 0 saturated carbocycles. The molecule has 1 aliphatic rings. The maximum absolute atomic E-state index is 13.1. The molecule has 0 unspecified atom stereocenters. The van der Waals surface area contributed by atoms with E-state index in [0.717, 1.165) is 41.7 Å². The van der Waals surface area contributed by atoms with Gasteiger partial charge in [-0.3, -0.25) is 9.69 Å². The molecule has 1 saturated heterocycles. The quantitative estimate of drug-likeness (QED) is 0.497. The number of benzene rings is 3. The first kappa shape index (κ1) is 25.5. The highest BCUT2D eigenvalue weighted by Crippen LogP contribution is 2.38. The molecule has 0 bridgehead atoms. The van der Waals surface area contributed by atoms with Crippen molar-refractivity contribution in [1.82, 2.24) is 9.80 Å². The van der Waals surface area contributed by atoms with Crippen LogP contribution in [-0.4, -0.2) is 70.3 Å². The number of piperazine rings is 1. The number of nitrogens with zero attached hydrogens (tertiary/aromatic N) is 2. The van der Waals surface area contributed by atoms with Crippen molar-refractivity contribution in [3.8, 4) is 23.0 Å². The monoisotopic (exact) mass is 486 g/mol. The lowest BCUT2D eigenvalue weighted by molar-refractivity contribution is 0.0628. The summed E-state index contributed by atoms with van der Waals surface area (Å²) >= 11 is 0. The van der Waals surface area contributed by atoms with Gasteiger partial charge in [0.05, 0.1) is 28.4 Å². The summed E-state index contributed by atoms with van der Waals surface area (Å²) in [4.78, 5) is 17.4. The van der Waals surface area contributed by atoms with Crippen LogP contribution in [0.5, 0.6) is 23.0 Å². The molecule has 0 N–H and O–H groups in total. The Morgan fingerprint density at radius 1 is 0.765 bits per heavy atom. The third-order valence-corrected chi connectivity index (χ3v) is 6.08. The number of fused-ring (bicyclic) bond motifs is 1. The molecule has 0 atom stereocenters. The average Bonchev–Trinajstić information content (AvgIpc) is 2.87. The first-order valence-corrected chi connectivity index (χ1v) is 10.9. The third kappa shape index (κ3) is 5.32.